The van der Waals surface area contributed by atoms with E-state index in [4.69, 9.17) is 27.8 Å². The molecule has 0 aliphatic carbocycles. The van der Waals surface area contributed by atoms with Crippen molar-refractivity contribution in [2.24, 2.45) is 0 Å². The number of nitrogen functional groups attached to an aromatic ring is 2. The number of ether oxygens (including phenoxy) is 1. The maximum absolute atomic E-state index is 13.8. The van der Waals surface area contributed by atoms with Crippen LogP contribution in [0.25, 0.3) is 0 Å². The maximum atomic E-state index is 13.8. The van der Waals surface area contributed by atoms with Crippen molar-refractivity contribution in [3.05, 3.63) is 29.1 Å². The normalized spacial score (nSPS) is 10.4. The summed E-state index contributed by atoms with van der Waals surface area (Å²) in [6, 6.07) is 1.42. The summed E-state index contributed by atoms with van der Waals surface area (Å²) < 4.78 is 19.0. The zero-order valence-electron chi connectivity index (χ0n) is 10.2. The molecule has 0 fully saturated rings. The Morgan fingerprint density at radius 3 is 2.78 bits per heavy atom. The van der Waals surface area contributed by atoms with Crippen LogP contribution in [0.15, 0.2) is 18.2 Å². The summed E-state index contributed by atoms with van der Waals surface area (Å²) in [5.74, 6) is -0.644. The van der Waals surface area contributed by atoms with Crippen molar-refractivity contribution in [2.45, 2.75) is 6.92 Å². The number of rotatable bonds is 6. The van der Waals surface area contributed by atoms with Crippen LogP contribution in [0.1, 0.15) is 6.92 Å². The molecule has 0 atom stereocenters. The monoisotopic (exact) mass is 273 g/mol. The Hall–Kier alpha value is -1.46. The molecule has 1 rings (SSSR count). The zero-order chi connectivity index (χ0) is 13.7. The molecule has 0 bridgehead atoms. The van der Waals surface area contributed by atoms with Gasteiger partial charge in [0.1, 0.15) is 5.02 Å². The molecule has 0 heterocycles. The summed E-state index contributed by atoms with van der Waals surface area (Å²) in [4.78, 5) is 0. The highest BCUT2D eigenvalue weighted by Gasteiger charge is 2.13. The molecule has 1 aromatic rings. The fraction of sp³-hybridized carbons (Fsp3) is 0.333. The van der Waals surface area contributed by atoms with Crippen molar-refractivity contribution < 1.29 is 9.13 Å². The lowest BCUT2D eigenvalue weighted by atomic mass is 10.2. The molecule has 5 N–H and O–H groups in total. The van der Waals surface area contributed by atoms with Crippen molar-refractivity contribution >= 4 is 28.7 Å². The van der Waals surface area contributed by atoms with E-state index in [9.17, 15) is 4.39 Å². The summed E-state index contributed by atoms with van der Waals surface area (Å²) in [7, 11) is 0. The van der Waals surface area contributed by atoms with Gasteiger partial charge in [-0.25, -0.2) is 4.39 Å². The van der Waals surface area contributed by atoms with Crippen molar-refractivity contribution in [1.82, 2.24) is 0 Å². The van der Waals surface area contributed by atoms with E-state index < -0.39 is 5.82 Å². The van der Waals surface area contributed by atoms with Crippen molar-refractivity contribution in [1.29, 1.82) is 0 Å². The number of nitrogens with one attached hydrogen (secondary N) is 1. The van der Waals surface area contributed by atoms with E-state index in [1.807, 2.05) is 6.92 Å². The quantitative estimate of drug-likeness (QED) is 0.423. The Labute approximate surface area is 111 Å². The Bertz CT molecular complexity index is 451. The lowest BCUT2D eigenvalue weighted by Gasteiger charge is -2.13. The van der Waals surface area contributed by atoms with Crippen LogP contribution in [-0.4, -0.2) is 19.8 Å². The molecule has 0 saturated carbocycles. The second kappa shape index (κ2) is 6.47. The van der Waals surface area contributed by atoms with Crippen molar-refractivity contribution in [2.75, 3.05) is 36.5 Å². The molecule has 1 aromatic carbocycles. The Balaban J connectivity index is 2.57. The van der Waals surface area contributed by atoms with Gasteiger partial charge in [-0.05, 0) is 13.0 Å². The highest BCUT2D eigenvalue weighted by atomic mass is 35.5. The number of halogens is 2. The lowest BCUT2D eigenvalue weighted by molar-refractivity contribution is 0.167. The fourth-order valence-electron chi connectivity index (χ4n) is 1.34. The molecule has 0 aromatic heterocycles. The Morgan fingerprint density at radius 1 is 1.50 bits per heavy atom. The number of nitrogens with two attached hydrogens (primary N) is 2. The van der Waals surface area contributed by atoms with Gasteiger partial charge < -0.3 is 21.5 Å². The van der Waals surface area contributed by atoms with Crippen LogP contribution in [0.5, 0.6) is 0 Å². The minimum Gasteiger partial charge on any atom is -0.397 e. The predicted molar refractivity (Wildman–Crippen MR) is 74.4 cm³/mol. The van der Waals surface area contributed by atoms with E-state index in [0.29, 0.717) is 19.8 Å². The lowest BCUT2D eigenvalue weighted by Crippen LogP contribution is -2.13. The van der Waals surface area contributed by atoms with E-state index in [2.05, 4.69) is 11.9 Å². The van der Waals surface area contributed by atoms with E-state index in [1.54, 1.807) is 0 Å². The van der Waals surface area contributed by atoms with Crippen LogP contribution in [0.3, 0.4) is 0 Å². The molecule has 0 unspecified atom stereocenters. The average molecular weight is 274 g/mol. The molecule has 100 valence electrons. The van der Waals surface area contributed by atoms with Gasteiger partial charge in [-0.3, -0.25) is 0 Å². The number of hydrogen-bond acceptors (Lipinski definition) is 4. The molecule has 0 radical (unpaired) electrons. The van der Waals surface area contributed by atoms with Crippen LogP contribution in [0.4, 0.5) is 21.5 Å². The Kier molecular flexibility index (Phi) is 5.25. The molecule has 0 aliphatic heterocycles. The highest BCUT2D eigenvalue weighted by molar-refractivity contribution is 6.33. The van der Waals surface area contributed by atoms with Crippen LogP contribution in [0.2, 0.25) is 5.02 Å². The Morgan fingerprint density at radius 2 is 2.17 bits per heavy atom. The molecule has 0 amide bonds. The topological polar surface area (TPSA) is 73.3 Å². The van der Waals surface area contributed by atoms with E-state index in [-0.39, 0.29) is 22.1 Å². The van der Waals surface area contributed by atoms with Gasteiger partial charge in [-0.15, -0.1) is 0 Å². The van der Waals surface area contributed by atoms with Gasteiger partial charge >= 0.3 is 0 Å². The molecule has 6 heteroatoms. The van der Waals surface area contributed by atoms with E-state index in [1.165, 1.54) is 6.07 Å². The first-order valence-electron chi connectivity index (χ1n) is 5.42. The maximum Gasteiger partial charge on any atom is 0.169 e. The SMILES string of the molecule is C=C(C)COCCNc1c(N)cc(N)c(Cl)c1F. The largest absolute Gasteiger partial charge is 0.397 e. The van der Waals surface area contributed by atoms with Gasteiger partial charge in [0.2, 0.25) is 0 Å². The molecule has 0 aliphatic rings. The summed E-state index contributed by atoms with van der Waals surface area (Å²) >= 11 is 5.70. The fourth-order valence-corrected chi connectivity index (χ4v) is 1.49. The number of hydrogen-bond donors (Lipinski definition) is 3. The third kappa shape index (κ3) is 3.78. The number of benzene rings is 1. The van der Waals surface area contributed by atoms with Gasteiger partial charge in [-0.1, -0.05) is 23.8 Å². The van der Waals surface area contributed by atoms with Crippen LogP contribution < -0.4 is 16.8 Å². The summed E-state index contributed by atoms with van der Waals surface area (Å²) in [5, 5.41) is 2.70. The van der Waals surface area contributed by atoms with Gasteiger partial charge in [0.15, 0.2) is 5.82 Å². The van der Waals surface area contributed by atoms with Gasteiger partial charge in [-0.2, -0.15) is 0 Å². The summed E-state index contributed by atoms with van der Waals surface area (Å²) in [6.45, 7) is 6.87. The molecule has 0 spiro atoms. The molecule has 18 heavy (non-hydrogen) atoms. The van der Waals surface area contributed by atoms with E-state index >= 15 is 0 Å². The second-order valence-corrected chi connectivity index (χ2v) is 4.37. The zero-order valence-corrected chi connectivity index (χ0v) is 11.0. The molecule has 0 saturated heterocycles. The summed E-state index contributed by atoms with van der Waals surface area (Å²) in [5.41, 5.74) is 12.6. The van der Waals surface area contributed by atoms with Crippen LogP contribution in [-0.2, 0) is 4.74 Å². The van der Waals surface area contributed by atoms with Crippen molar-refractivity contribution in [3.63, 3.8) is 0 Å². The van der Waals surface area contributed by atoms with Crippen molar-refractivity contribution in [3.8, 4) is 0 Å². The molecular formula is C12H17ClFN3O. The third-order valence-corrected chi connectivity index (χ3v) is 2.55. The smallest absolute Gasteiger partial charge is 0.169 e. The number of anilines is 3. The first kappa shape index (κ1) is 14.6. The highest BCUT2D eigenvalue weighted by Crippen LogP contribution is 2.33. The predicted octanol–water partition coefficient (Wildman–Crippen LogP) is 2.65. The van der Waals surface area contributed by atoms with Gasteiger partial charge in [0.25, 0.3) is 0 Å². The van der Waals surface area contributed by atoms with Crippen LogP contribution in [0, 0.1) is 5.82 Å². The third-order valence-electron chi connectivity index (χ3n) is 2.16. The van der Waals surface area contributed by atoms with Gasteiger partial charge in [0, 0.05) is 6.54 Å². The standard InChI is InChI=1S/C12H17ClFN3O/c1-7(2)6-18-4-3-17-12-9(16)5-8(15)10(13)11(12)14/h5,17H,1,3-4,6,15-16H2,2H3. The minimum atomic E-state index is -0.644. The second-order valence-electron chi connectivity index (χ2n) is 3.99. The van der Waals surface area contributed by atoms with Gasteiger partial charge in [0.05, 0.1) is 30.3 Å². The first-order chi connectivity index (χ1) is 8.43. The molecule has 4 nitrogen and oxygen atoms in total. The average Bonchev–Trinajstić information content (AvgIpc) is 2.29. The first-order valence-corrected chi connectivity index (χ1v) is 5.80. The summed E-state index contributed by atoms with van der Waals surface area (Å²) in [6.07, 6.45) is 0. The van der Waals surface area contributed by atoms with Crippen LogP contribution >= 0.6 is 11.6 Å². The minimum absolute atomic E-state index is 0.121. The van der Waals surface area contributed by atoms with E-state index in [0.717, 1.165) is 5.57 Å². The molecular weight excluding hydrogens is 257 g/mol.